The molecule has 0 saturated carbocycles. The minimum absolute atomic E-state index is 0.110. The quantitative estimate of drug-likeness (QED) is 0.0972. The Morgan fingerprint density at radius 2 is 1.57 bits per heavy atom. The molecule has 13 heteroatoms. The molecular formula is C33H38Cl2N6O5. The average molecular weight is 670 g/mol. The number of ether oxygens (including phenoxy) is 1. The van der Waals surface area contributed by atoms with Crippen LogP contribution in [0, 0.1) is 0 Å². The number of amides is 4. The summed E-state index contributed by atoms with van der Waals surface area (Å²) in [5.74, 6) is -1.50. The van der Waals surface area contributed by atoms with Crippen LogP contribution in [0.15, 0.2) is 71.7 Å². The SMILES string of the molecule is CCCCCCOC(=O)/N=C(\N)Nc1cccc(C(=O)N(C)CC(=O)NCCNC(=O)c2c(Cl)cc(-c3ccccc3)cc2Cl)c1. The molecule has 46 heavy (non-hydrogen) atoms. The summed E-state index contributed by atoms with van der Waals surface area (Å²) in [7, 11) is 1.49. The van der Waals surface area contributed by atoms with Crippen LogP contribution in [0.4, 0.5) is 10.5 Å². The van der Waals surface area contributed by atoms with Gasteiger partial charge in [-0.15, -0.1) is 4.99 Å². The molecule has 0 unspecified atom stereocenters. The number of carbonyl (C=O) groups excluding carboxylic acids is 4. The zero-order valence-electron chi connectivity index (χ0n) is 25.8. The lowest BCUT2D eigenvalue weighted by molar-refractivity contribution is -0.121. The Balaban J connectivity index is 1.44. The van der Waals surface area contributed by atoms with E-state index in [1.54, 1.807) is 30.3 Å². The first-order valence-electron chi connectivity index (χ1n) is 14.8. The fourth-order valence-electron chi connectivity index (χ4n) is 4.34. The van der Waals surface area contributed by atoms with Gasteiger partial charge in [-0.3, -0.25) is 14.4 Å². The Morgan fingerprint density at radius 1 is 0.870 bits per heavy atom. The van der Waals surface area contributed by atoms with Crippen molar-refractivity contribution >= 4 is 58.7 Å². The molecule has 0 aromatic heterocycles. The number of nitrogens with zero attached hydrogens (tertiary/aromatic N) is 2. The zero-order chi connectivity index (χ0) is 33.5. The Morgan fingerprint density at radius 3 is 2.26 bits per heavy atom. The summed E-state index contributed by atoms with van der Waals surface area (Å²) in [6.45, 7) is 2.36. The maximum atomic E-state index is 12.9. The lowest BCUT2D eigenvalue weighted by atomic mass is 10.0. The van der Waals surface area contributed by atoms with E-state index in [1.165, 1.54) is 18.0 Å². The van der Waals surface area contributed by atoms with Gasteiger partial charge in [0.05, 0.1) is 28.8 Å². The summed E-state index contributed by atoms with van der Waals surface area (Å²) in [6.07, 6.45) is 3.06. The van der Waals surface area contributed by atoms with Crippen LogP contribution in [0.1, 0.15) is 53.3 Å². The Labute approximate surface area is 278 Å². The number of nitrogens with one attached hydrogen (secondary N) is 3. The summed E-state index contributed by atoms with van der Waals surface area (Å²) in [5, 5.41) is 8.52. The Bertz CT molecular complexity index is 1530. The topological polar surface area (TPSA) is 155 Å². The predicted octanol–water partition coefficient (Wildman–Crippen LogP) is 5.72. The van der Waals surface area contributed by atoms with E-state index in [2.05, 4.69) is 27.9 Å². The second-order valence-corrected chi connectivity index (χ2v) is 11.1. The van der Waals surface area contributed by atoms with Gasteiger partial charge in [-0.05, 0) is 47.9 Å². The smallest absolute Gasteiger partial charge is 0.436 e. The lowest BCUT2D eigenvalue weighted by Gasteiger charge is -2.17. The van der Waals surface area contributed by atoms with E-state index >= 15 is 0 Å². The van der Waals surface area contributed by atoms with Crippen LogP contribution < -0.4 is 21.7 Å². The molecule has 0 fully saturated rings. The summed E-state index contributed by atoms with van der Waals surface area (Å²) in [4.78, 5) is 54.9. The molecule has 0 heterocycles. The highest BCUT2D eigenvalue weighted by atomic mass is 35.5. The third kappa shape index (κ3) is 11.4. The highest BCUT2D eigenvalue weighted by Gasteiger charge is 2.18. The first kappa shape index (κ1) is 35.9. The first-order chi connectivity index (χ1) is 22.1. The molecule has 3 aromatic rings. The van der Waals surface area contributed by atoms with Crippen molar-refractivity contribution in [3.8, 4) is 11.1 Å². The lowest BCUT2D eigenvalue weighted by Crippen LogP contribution is -2.41. The second kappa shape index (κ2) is 18.4. The van der Waals surface area contributed by atoms with Gasteiger partial charge in [-0.1, -0.05) is 85.8 Å². The number of carbonyl (C=O) groups is 4. The van der Waals surface area contributed by atoms with E-state index in [-0.39, 0.29) is 53.4 Å². The van der Waals surface area contributed by atoms with E-state index < -0.39 is 23.8 Å². The number of nitrogens with two attached hydrogens (primary N) is 1. The Kier molecular flexibility index (Phi) is 14.3. The minimum Gasteiger partial charge on any atom is -0.448 e. The van der Waals surface area contributed by atoms with Crippen molar-refractivity contribution in [1.29, 1.82) is 0 Å². The highest BCUT2D eigenvalue weighted by Crippen LogP contribution is 2.31. The molecule has 0 saturated heterocycles. The van der Waals surface area contributed by atoms with Crippen LogP contribution >= 0.6 is 23.2 Å². The first-order valence-corrected chi connectivity index (χ1v) is 15.6. The number of halogens is 2. The standard InChI is InChI=1S/C33H38Cl2N6O5/c1-3-4-5-9-17-46-33(45)40-32(36)39-25-14-10-13-23(18-25)31(44)41(2)21-28(42)37-15-16-38-30(43)29-26(34)19-24(20-27(29)35)22-11-7-6-8-12-22/h6-8,10-14,18-20H,3-5,9,15-17,21H2,1-2H3,(H,37,42)(H,38,43)(H3,36,39,40,45). The van der Waals surface area contributed by atoms with Gasteiger partial charge in [0.25, 0.3) is 11.8 Å². The Hall–Kier alpha value is -4.61. The molecule has 0 spiro atoms. The molecule has 244 valence electrons. The molecule has 3 rings (SSSR count). The van der Waals surface area contributed by atoms with E-state index in [1.807, 2.05) is 30.3 Å². The van der Waals surface area contributed by atoms with Crippen LogP contribution in [0.2, 0.25) is 10.0 Å². The number of guanidine groups is 1. The fraction of sp³-hybridized carbons (Fsp3) is 0.303. The van der Waals surface area contributed by atoms with E-state index in [4.69, 9.17) is 33.7 Å². The number of hydrogen-bond donors (Lipinski definition) is 4. The van der Waals surface area contributed by atoms with Crippen LogP contribution in [0.3, 0.4) is 0 Å². The van der Waals surface area contributed by atoms with E-state index in [0.717, 1.165) is 36.8 Å². The van der Waals surface area contributed by atoms with E-state index in [9.17, 15) is 19.2 Å². The van der Waals surface area contributed by atoms with Crippen molar-refractivity contribution < 1.29 is 23.9 Å². The summed E-state index contributed by atoms with van der Waals surface area (Å²) in [6, 6.07) is 19.2. The number of unbranched alkanes of at least 4 members (excludes halogenated alkanes) is 3. The van der Waals surface area contributed by atoms with Gasteiger partial charge >= 0.3 is 6.09 Å². The molecule has 3 aromatic carbocycles. The van der Waals surface area contributed by atoms with Crippen molar-refractivity contribution in [2.45, 2.75) is 32.6 Å². The number of aliphatic imine (C=N–C) groups is 1. The summed E-state index contributed by atoms with van der Waals surface area (Å²) < 4.78 is 5.05. The van der Waals surface area contributed by atoms with Gasteiger partial charge in [-0.2, -0.15) is 0 Å². The van der Waals surface area contributed by atoms with Crippen molar-refractivity contribution in [2.75, 3.05) is 38.6 Å². The largest absolute Gasteiger partial charge is 0.448 e. The third-order valence-electron chi connectivity index (χ3n) is 6.65. The summed E-state index contributed by atoms with van der Waals surface area (Å²) >= 11 is 12.8. The maximum absolute atomic E-state index is 12.9. The minimum atomic E-state index is -0.802. The number of likely N-dealkylation sites (N-methyl/N-ethyl adjacent to an activating group) is 1. The van der Waals surface area contributed by atoms with E-state index in [0.29, 0.717) is 5.69 Å². The molecule has 0 atom stereocenters. The van der Waals surface area contributed by atoms with Crippen molar-refractivity contribution in [3.63, 3.8) is 0 Å². The zero-order valence-corrected chi connectivity index (χ0v) is 27.3. The number of benzene rings is 3. The molecule has 11 nitrogen and oxygen atoms in total. The number of rotatable bonds is 14. The molecule has 5 N–H and O–H groups in total. The molecule has 0 aliphatic carbocycles. The number of anilines is 1. The van der Waals surface area contributed by atoms with Gasteiger partial charge in [0.2, 0.25) is 11.9 Å². The molecular weight excluding hydrogens is 631 g/mol. The van der Waals surface area contributed by atoms with Gasteiger partial charge in [0.15, 0.2) is 0 Å². The van der Waals surface area contributed by atoms with Gasteiger partial charge in [0, 0.05) is 31.4 Å². The highest BCUT2D eigenvalue weighted by molar-refractivity contribution is 6.40. The van der Waals surface area contributed by atoms with Crippen molar-refractivity contribution in [3.05, 3.63) is 87.9 Å². The normalized spacial score (nSPS) is 11.0. The van der Waals surface area contributed by atoms with Crippen LogP contribution in [-0.2, 0) is 9.53 Å². The molecule has 0 aliphatic rings. The second-order valence-electron chi connectivity index (χ2n) is 10.3. The number of hydrogen-bond acceptors (Lipinski definition) is 5. The van der Waals surface area contributed by atoms with Gasteiger partial charge in [-0.25, -0.2) is 4.79 Å². The van der Waals surface area contributed by atoms with Crippen LogP contribution in [-0.4, -0.2) is 68.0 Å². The summed E-state index contributed by atoms with van der Waals surface area (Å²) in [5.41, 5.74) is 8.35. The van der Waals surface area contributed by atoms with Crippen molar-refractivity contribution in [1.82, 2.24) is 15.5 Å². The van der Waals surface area contributed by atoms with Crippen molar-refractivity contribution in [2.24, 2.45) is 10.7 Å². The average Bonchev–Trinajstić information content (AvgIpc) is 3.02. The van der Waals surface area contributed by atoms with Crippen LogP contribution in [0.5, 0.6) is 0 Å². The molecule has 0 radical (unpaired) electrons. The third-order valence-corrected chi connectivity index (χ3v) is 7.25. The predicted molar refractivity (Wildman–Crippen MR) is 181 cm³/mol. The maximum Gasteiger partial charge on any atom is 0.436 e. The molecule has 4 amide bonds. The molecule has 0 bridgehead atoms. The van der Waals surface area contributed by atoms with Gasteiger partial charge < -0.3 is 31.3 Å². The van der Waals surface area contributed by atoms with Gasteiger partial charge in [0.1, 0.15) is 0 Å². The molecule has 0 aliphatic heterocycles. The monoisotopic (exact) mass is 668 g/mol. The van der Waals surface area contributed by atoms with Crippen LogP contribution in [0.25, 0.3) is 11.1 Å². The fourth-order valence-corrected chi connectivity index (χ4v) is 5.00.